The third kappa shape index (κ3) is 2.96. The van der Waals surface area contributed by atoms with E-state index < -0.39 is 0 Å². The minimum absolute atomic E-state index is 0.182. The zero-order valence-electron chi connectivity index (χ0n) is 9.00. The highest BCUT2D eigenvalue weighted by Gasteiger charge is 2.19. The number of carbonyl (C=O) groups is 1. The number of ether oxygens (including phenoxy) is 1. The Morgan fingerprint density at radius 3 is 2.80 bits per heavy atom. The summed E-state index contributed by atoms with van der Waals surface area (Å²) in [5, 5.41) is 0. The minimum Gasteiger partial charge on any atom is -0.469 e. The zero-order valence-corrected chi connectivity index (χ0v) is 9.75. The molecule has 0 aliphatic rings. The van der Waals surface area contributed by atoms with Gasteiger partial charge in [0.2, 0.25) is 0 Å². The van der Waals surface area contributed by atoms with Gasteiger partial charge in [-0.2, -0.15) is 0 Å². The van der Waals surface area contributed by atoms with Crippen LogP contribution in [0.3, 0.4) is 0 Å². The van der Waals surface area contributed by atoms with Crippen molar-refractivity contribution in [2.75, 3.05) is 7.11 Å². The van der Waals surface area contributed by atoms with Crippen LogP contribution in [0.25, 0.3) is 0 Å². The molecule has 0 fully saturated rings. The van der Waals surface area contributed by atoms with Crippen LogP contribution in [-0.4, -0.2) is 13.1 Å². The lowest BCUT2D eigenvalue weighted by Crippen LogP contribution is -2.13. The summed E-state index contributed by atoms with van der Waals surface area (Å²) >= 11 is 5.74. The Morgan fingerprint density at radius 1 is 1.53 bits per heavy atom. The van der Waals surface area contributed by atoms with Crippen molar-refractivity contribution < 1.29 is 9.53 Å². The molecule has 0 radical (unpaired) electrons. The van der Waals surface area contributed by atoms with Gasteiger partial charge in [-0.05, 0) is 17.5 Å². The summed E-state index contributed by atoms with van der Waals surface area (Å²) in [4.78, 5) is 11.5. The molecule has 0 amide bonds. The summed E-state index contributed by atoms with van der Waals surface area (Å²) in [6.45, 7) is 1.97. The Morgan fingerprint density at radius 2 is 2.27 bits per heavy atom. The van der Waals surface area contributed by atoms with Gasteiger partial charge in [0.25, 0.3) is 0 Å². The number of hydrogen-bond acceptors (Lipinski definition) is 2. The topological polar surface area (TPSA) is 26.3 Å². The summed E-state index contributed by atoms with van der Waals surface area (Å²) in [6, 6.07) is 7.75. The fourth-order valence-electron chi connectivity index (χ4n) is 1.57. The van der Waals surface area contributed by atoms with E-state index in [0.717, 1.165) is 17.5 Å². The average Bonchev–Trinajstić information content (AvgIpc) is 2.30. The zero-order chi connectivity index (χ0) is 11.3. The fourth-order valence-corrected chi connectivity index (χ4v) is 1.74. The van der Waals surface area contributed by atoms with Crippen molar-refractivity contribution in [2.24, 2.45) is 0 Å². The molecule has 0 aromatic heterocycles. The van der Waals surface area contributed by atoms with E-state index in [2.05, 4.69) is 0 Å². The molecule has 1 aromatic carbocycles. The molecule has 0 saturated carbocycles. The molecule has 3 heteroatoms. The average molecular weight is 227 g/mol. The molecule has 0 aliphatic carbocycles. The maximum absolute atomic E-state index is 11.5. The molecule has 1 atom stereocenters. The first-order valence-corrected chi connectivity index (χ1v) is 5.49. The maximum atomic E-state index is 11.5. The molecular weight excluding hydrogens is 212 g/mol. The van der Waals surface area contributed by atoms with Crippen LogP contribution in [0, 0.1) is 0 Å². The van der Waals surface area contributed by atoms with Crippen LogP contribution >= 0.6 is 11.6 Å². The van der Waals surface area contributed by atoms with Crippen LogP contribution in [0.4, 0.5) is 0 Å². The predicted octanol–water partition coefficient (Wildman–Crippen LogP) is 3.09. The number of halogens is 1. The normalized spacial score (nSPS) is 12.2. The van der Waals surface area contributed by atoms with Gasteiger partial charge < -0.3 is 4.74 Å². The molecule has 0 aliphatic heterocycles. The van der Waals surface area contributed by atoms with Gasteiger partial charge >= 0.3 is 5.97 Å². The van der Waals surface area contributed by atoms with E-state index >= 15 is 0 Å². The van der Waals surface area contributed by atoms with Gasteiger partial charge in [0.1, 0.15) is 0 Å². The monoisotopic (exact) mass is 226 g/mol. The number of methoxy groups -OCH3 is 1. The first-order chi connectivity index (χ1) is 7.22. The summed E-state index contributed by atoms with van der Waals surface area (Å²) in [5.74, 6) is 0.0909. The van der Waals surface area contributed by atoms with Crippen LogP contribution in [0.2, 0.25) is 0 Å². The first-order valence-electron chi connectivity index (χ1n) is 4.95. The molecular formula is C12H15ClO2. The maximum Gasteiger partial charge on any atom is 0.313 e. The van der Waals surface area contributed by atoms with Gasteiger partial charge in [-0.3, -0.25) is 4.79 Å². The van der Waals surface area contributed by atoms with Crippen LogP contribution in [0.15, 0.2) is 24.3 Å². The summed E-state index contributed by atoms with van der Waals surface area (Å²) in [6.07, 6.45) is 0.735. The quantitative estimate of drug-likeness (QED) is 0.583. The van der Waals surface area contributed by atoms with E-state index in [4.69, 9.17) is 16.3 Å². The van der Waals surface area contributed by atoms with E-state index in [-0.39, 0.29) is 11.9 Å². The Labute approximate surface area is 95.2 Å². The van der Waals surface area contributed by atoms with E-state index in [1.807, 2.05) is 31.2 Å². The van der Waals surface area contributed by atoms with Crippen molar-refractivity contribution in [1.82, 2.24) is 0 Å². The number of benzene rings is 1. The molecule has 2 nitrogen and oxygen atoms in total. The first kappa shape index (κ1) is 12.1. The molecule has 82 valence electrons. The molecule has 0 N–H and O–H groups in total. The largest absolute Gasteiger partial charge is 0.469 e. The lowest BCUT2D eigenvalue weighted by Gasteiger charge is -2.13. The fraction of sp³-hybridized carbons (Fsp3) is 0.417. The summed E-state index contributed by atoms with van der Waals surface area (Å²) in [5.41, 5.74) is 2.00. The van der Waals surface area contributed by atoms with Crippen molar-refractivity contribution in [1.29, 1.82) is 0 Å². The molecule has 0 saturated heterocycles. The van der Waals surface area contributed by atoms with E-state index in [0.29, 0.717) is 5.88 Å². The van der Waals surface area contributed by atoms with Gasteiger partial charge in [0.15, 0.2) is 0 Å². The van der Waals surface area contributed by atoms with Crippen molar-refractivity contribution >= 4 is 17.6 Å². The predicted molar refractivity (Wildman–Crippen MR) is 61.0 cm³/mol. The summed E-state index contributed by atoms with van der Waals surface area (Å²) in [7, 11) is 1.41. The van der Waals surface area contributed by atoms with Crippen molar-refractivity contribution in [3.05, 3.63) is 35.4 Å². The SMILES string of the molecule is CCC(C(=O)OC)c1cccc(CCl)c1. The highest BCUT2D eigenvalue weighted by molar-refractivity contribution is 6.17. The third-order valence-corrected chi connectivity index (χ3v) is 2.71. The molecule has 0 heterocycles. The second kappa shape index (κ2) is 5.76. The van der Waals surface area contributed by atoms with Gasteiger partial charge in [0, 0.05) is 5.88 Å². The van der Waals surface area contributed by atoms with Crippen LogP contribution in [-0.2, 0) is 15.4 Å². The van der Waals surface area contributed by atoms with Crippen LogP contribution in [0.1, 0.15) is 30.4 Å². The second-order valence-corrected chi connectivity index (χ2v) is 3.63. The number of alkyl halides is 1. The van der Waals surface area contributed by atoms with Gasteiger partial charge in [-0.25, -0.2) is 0 Å². The van der Waals surface area contributed by atoms with Crippen LogP contribution < -0.4 is 0 Å². The van der Waals surface area contributed by atoms with Gasteiger partial charge in [-0.15, -0.1) is 11.6 Å². The highest BCUT2D eigenvalue weighted by Crippen LogP contribution is 2.22. The highest BCUT2D eigenvalue weighted by atomic mass is 35.5. The molecule has 1 unspecified atom stereocenters. The van der Waals surface area contributed by atoms with Gasteiger partial charge in [0.05, 0.1) is 13.0 Å². The number of rotatable bonds is 4. The molecule has 1 aromatic rings. The van der Waals surface area contributed by atoms with E-state index in [1.54, 1.807) is 0 Å². The Hall–Kier alpha value is -1.02. The van der Waals surface area contributed by atoms with E-state index in [9.17, 15) is 4.79 Å². The number of hydrogen-bond donors (Lipinski definition) is 0. The Balaban J connectivity index is 2.96. The molecule has 0 spiro atoms. The third-order valence-electron chi connectivity index (χ3n) is 2.40. The lowest BCUT2D eigenvalue weighted by atomic mass is 9.95. The summed E-state index contributed by atoms with van der Waals surface area (Å²) < 4.78 is 4.76. The van der Waals surface area contributed by atoms with Crippen LogP contribution in [0.5, 0.6) is 0 Å². The Bertz CT molecular complexity index is 336. The lowest BCUT2D eigenvalue weighted by molar-refractivity contribution is -0.142. The van der Waals surface area contributed by atoms with Crippen molar-refractivity contribution in [3.63, 3.8) is 0 Å². The van der Waals surface area contributed by atoms with Gasteiger partial charge in [-0.1, -0.05) is 31.2 Å². The second-order valence-electron chi connectivity index (χ2n) is 3.36. The molecule has 0 bridgehead atoms. The Kier molecular flexibility index (Phi) is 4.63. The molecule has 15 heavy (non-hydrogen) atoms. The number of esters is 1. The van der Waals surface area contributed by atoms with Crippen molar-refractivity contribution in [2.45, 2.75) is 25.1 Å². The van der Waals surface area contributed by atoms with E-state index in [1.165, 1.54) is 7.11 Å². The molecule has 1 rings (SSSR count). The minimum atomic E-state index is -0.191. The standard InChI is InChI=1S/C12H15ClO2/c1-3-11(12(14)15-2)10-6-4-5-9(7-10)8-13/h4-7,11H,3,8H2,1-2H3. The number of carbonyl (C=O) groups excluding carboxylic acids is 1. The smallest absolute Gasteiger partial charge is 0.313 e. The van der Waals surface area contributed by atoms with Crippen molar-refractivity contribution in [3.8, 4) is 0 Å².